The molecule has 3 nitrogen and oxygen atoms in total. The van der Waals surface area contributed by atoms with Crippen LogP contribution in [0.15, 0.2) is 24.8 Å². The molecular formula is C16H24ClNO2. The van der Waals surface area contributed by atoms with Crippen molar-refractivity contribution in [1.82, 2.24) is 5.32 Å². The fraction of sp³-hybridized carbons (Fsp3) is 0.500. The molecule has 0 unspecified atom stereocenters. The molecule has 1 N–H and O–H groups in total. The maximum Gasteiger partial charge on any atom is 0.179 e. The highest BCUT2D eigenvalue weighted by Gasteiger charge is 2.11. The molecule has 0 bridgehead atoms. The molecule has 20 heavy (non-hydrogen) atoms. The zero-order valence-electron chi connectivity index (χ0n) is 12.5. The molecule has 0 spiro atoms. The van der Waals surface area contributed by atoms with E-state index in [1.54, 1.807) is 7.11 Å². The topological polar surface area (TPSA) is 30.5 Å². The summed E-state index contributed by atoms with van der Waals surface area (Å²) in [6, 6.07) is 3.88. The Bertz CT molecular complexity index is 433. The SMILES string of the molecule is C=CCCOc1c(Cl)cc(CNCC(C)C)cc1OC. The molecule has 0 atom stereocenters. The van der Waals surface area contributed by atoms with Crippen LogP contribution < -0.4 is 14.8 Å². The van der Waals surface area contributed by atoms with Gasteiger partial charge in [-0.3, -0.25) is 0 Å². The van der Waals surface area contributed by atoms with Gasteiger partial charge in [0.15, 0.2) is 11.5 Å². The third-order valence-electron chi connectivity index (χ3n) is 2.74. The molecular weight excluding hydrogens is 274 g/mol. The van der Waals surface area contributed by atoms with E-state index in [-0.39, 0.29) is 0 Å². The summed E-state index contributed by atoms with van der Waals surface area (Å²) in [5.41, 5.74) is 1.09. The Morgan fingerprint density at radius 1 is 1.40 bits per heavy atom. The van der Waals surface area contributed by atoms with Gasteiger partial charge in [-0.05, 0) is 36.6 Å². The number of benzene rings is 1. The van der Waals surface area contributed by atoms with Gasteiger partial charge in [0.2, 0.25) is 0 Å². The van der Waals surface area contributed by atoms with Gasteiger partial charge >= 0.3 is 0 Å². The molecule has 0 aliphatic rings. The molecule has 1 rings (SSSR count). The van der Waals surface area contributed by atoms with Gasteiger partial charge in [0.1, 0.15) is 0 Å². The summed E-state index contributed by atoms with van der Waals surface area (Å²) in [4.78, 5) is 0. The summed E-state index contributed by atoms with van der Waals surface area (Å²) in [7, 11) is 1.62. The number of hydrogen-bond acceptors (Lipinski definition) is 3. The Morgan fingerprint density at radius 2 is 2.15 bits per heavy atom. The largest absolute Gasteiger partial charge is 0.493 e. The lowest BCUT2D eigenvalue weighted by Crippen LogP contribution is -2.19. The minimum Gasteiger partial charge on any atom is -0.493 e. The Hall–Kier alpha value is -1.19. The van der Waals surface area contributed by atoms with Gasteiger partial charge in [-0.2, -0.15) is 0 Å². The molecule has 0 aromatic heterocycles. The van der Waals surface area contributed by atoms with Crippen LogP contribution in [-0.4, -0.2) is 20.3 Å². The van der Waals surface area contributed by atoms with Gasteiger partial charge in [0.05, 0.1) is 18.7 Å². The molecule has 4 heteroatoms. The summed E-state index contributed by atoms with van der Waals surface area (Å²) in [5.74, 6) is 1.89. The predicted molar refractivity (Wildman–Crippen MR) is 84.9 cm³/mol. The first kappa shape index (κ1) is 16.9. The molecule has 1 aromatic rings. The Kier molecular flexibility index (Phi) is 7.48. The van der Waals surface area contributed by atoms with Crippen molar-refractivity contribution in [3.05, 3.63) is 35.4 Å². The summed E-state index contributed by atoms with van der Waals surface area (Å²) >= 11 is 6.28. The van der Waals surface area contributed by atoms with E-state index in [4.69, 9.17) is 21.1 Å². The molecule has 0 amide bonds. The number of ether oxygens (including phenoxy) is 2. The maximum atomic E-state index is 6.28. The monoisotopic (exact) mass is 297 g/mol. The van der Waals surface area contributed by atoms with Gasteiger partial charge in [-0.1, -0.05) is 31.5 Å². The highest BCUT2D eigenvalue weighted by atomic mass is 35.5. The van der Waals surface area contributed by atoms with E-state index in [1.807, 2.05) is 18.2 Å². The first-order valence-corrected chi connectivity index (χ1v) is 7.27. The molecule has 0 saturated carbocycles. The first-order valence-electron chi connectivity index (χ1n) is 6.89. The fourth-order valence-corrected chi connectivity index (χ4v) is 2.05. The number of halogens is 1. The Labute approximate surface area is 126 Å². The van der Waals surface area contributed by atoms with E-state index < -0.39 is 0 Å². The van der Waals surface area contributed by atoms with Crippen molar-refractivity contribution in [2.75, 3.05) is 20.3 Å². The lowest BCUT2D eigenvalue weighted by molar-refractivity contribution is 0.300. The highest BCUT2D eigenvalue weighted by molar-refractivity contribution is 6.32. The lowest BCUT2D eigenvalue weighted by atomic mass is 10.1. The van der Waals surface area contributed by atoms with Crippen molar-refractivity contribution in [2.24, 2.45) is 5.92 Å². The fourth-order valence-electron chi connectivity index (χ4n) is 1.76. The third-order valence-corrected chi connectivity index (χ3v) is 3.02. The van der Waals surface area contributed by atoms with Crippen molar-refractivity contribution < 1.29 is 9.47 Å². The molecule has 0 heterocycles. The van der Waals surface area contributed by atoms with Gasteiger partial charge < -0.3 is 14.8 Å². The van der Waals surface area contributed by atoms with E-state index in [0.29, 0.717) is 29.0 Å². The summed E-state index contributed by atoms with van der Waals surface area (Å²) in [6.07, 6.45) is 2.59. The summed E-state index contributed by atoms with van der Waals surface area (Å²) in [5, 5.41) is 3.96. The standard InChI is InChI=1S/C16H24ClNO2/c1-5-6-7-20-16-14(17)8-13(9-15(16)19-4)11-18-10-12(2)3/h5,8-9,12,18H,1,6-7,10-11H2,2-4H3. The van der Waals surface area contributed by atoms with Crippen molar-refractivity contribution in [2.45, 2.75) is 26.8 Å². The van der Waals surface area contributed by atoms with Crippen LogP contribution in [0.1, 0.15) is 25.8 Å². The lowest BCUT2D eigenvalue weighted by Gasteiger charge is -2.14. The minimum absolute atomic E-state index is 0.546. The molecule has 112 valence electrons. The number of rotatable bonds is 9. The second-order valence-corrected chi connectivity index (χ2v) is 5.47. The van der Waals surface area contributed by atoms with E-state index in [1.165, 1.54) is 0 Å². The van der Waals surface area contributed by atoms with E-state index in [2.05, 4.69) is 25.7 Å². The van der Waals surface area contributed by atoms with Crippen LogP contribution in [0, 0.1) is 5.92 Å². The number of nitrogens with one attached hydrogen (secondary N) is 1. The van der Waals surface area contributed by atoms with Crippen molar-refractivity contribution >= 4 is 11.6 Å². The van der Waals surface area contributed by atoms with Gasteiger partial charge in [-0.25, -0.2) is 0 Å². The van der Waals surface area contributed by atoms with Crippen LogP contribution in [0.5, 0.6) is 11.5 Å². The smallest absolute Gasteiger partial charge is 0.179 e. The van der Waals surface area contributed by atoms with E-state index in [0.717, 1.165) is 25.1 Å². The predicted octanol–water partition coefficient (Wildman–Crippen LogP) is 4.05. The molecule has 0 fully saturated rings. The van der Waals surface area contributed by atoms with Crippen LogP contribution in [-0.2, 0) is 6.54 Å². The first-order chi connectivity index (χ1) is 9.58. The van der Waals surface area contributed by atoms with E-state index in [9.17, 15) is 0 Å². The average molecular weight is 298 g/mol. The summed E-state index contributed by atoms with van der Waals surface area (Å²) in [6.45, 7) is 10.3. The normalized spacial score (nSPS) is 10.7. The van der Waals surface area contributed by atoms with Crippen LogP contribution >= 0.6 is 11.6 Å². The van der Waals surface area contributed by atoms with Crippen molar-refractivity contribution in [3.8, 4) is 11.5 Å². The van der Waals surface area contributed by atoms with Gasteiger partial charge in [-0.15, -0.1) is 6.58 Å². The van der Waals surface area contributed by atoms with Crippen molar-refractivity contribution in [3.63, 3.8) is 0 Å². The van der Waals surface area contributed by atoms with Gasteiger partial charge in [0.25, 0.3) is 0 Å². The van der Waals surface area contributed by atoms with Crippen LogP contribution in [0.2, 0.25) is 5.02 Å². The molecule has 0 saturated heterocycles. The number of methoxy groups -OCH3 is 1. The van der Waals surface area contributed by atoms with Gasteiger partial charge in [0, 0.05) is 6.54 Å². The Morgan fingerprint density at radius 3 is 2.75 bits per heavy atom. The molecule has 0 radical (unpaired) electrons. The minimum atomic E-state index is 0.546. The van der Waals surface area contributed by atoms with Crippen molar-refractivity contribution in [1.29, 1.82) is 0 Å². The van der Waals surface area contributed by atoms with Crippen LogP contribution in [0.25, 0.3) is 0 Å². The Balaban J connectivity index is 2.75. The zero-order chi connectivity index (χ0) is 15.0. The second-order valence-electron chi connectivity index (χ2n) is 5.06. The molecule has 0 aliphatic carbocycles. The molecule has 1 aromatic carbocycles. The summed E-state index contributed by atoms with van der Waals surface area (Å²) < 4.78 is 11.0. The quantitative estimate of drug-likeness (QED) is 0.551. The van der Waals surface area contributed by atoms with Crippen LogP contribution in [0.3, 0.4) is 0 Å². The molecule has 0 aliphatic heterocycles. The maximum absolute atomic E-state index is 6.28. The van der Waals surface area contributed by atoms with Crippen LogP contribution in [0.4, 0.5) is 0 Å². The average Bonchev–Trinajstić information content (AvgIpc) is 2.40. The van der Waals surface area contributed by atoms with E-state index >= 15 is 0 Å². The number of hydrogen-bond donors (Lipinski definition) is 1. The second kappa shape index (κ2) is 8.88. The highest BCUT2D eigenvalue weighted by Crippen LogP contribution is 2.36. The zero-order valence-corrected chi connectivity index (χ0v) is 13.3. The third kappa shape index (κ3) is 5.43.